The summed E-state index contributed by atoms with van der Waals surface area (Å²) in [6.07, 6.45) is 0. The first-order chi connectivity index (χ1) is 11.6. The van der Waals surface area contributed by atoms with Gasteiger partial charge in [0.15, 0.2) is 0 Å². The van der Waals surface area contributed by atoms with Gasteiger partial charge in [0.1, 0.15) is 11.5 Å². The van der Waals surface area contributed by atoms with Crippen LogP contribution >= 0.6 is 15.9 Å². The van der Waals surface area contributed by atoms with Crippen molar-refractivity contribution in [2.75, 3.05) is 0 Å². The molecule has 0 N–H and O–H groups in total. The fourth-order valence-corrected chi connectivity index (χ4v) is 2.43. The highest BCUT2D eigenvalue weighted by Gasteiger charge is 2.17. The largest absolute Gasteiger partial charge is 0.457 e. The maximum atomic E-state index is 12.3. The molecule has 0 unspecified atom stereocenters. The lowest BCUT2D eigenvalue weighted by Gasteiger charge is -2.06. The Bertz CT molecular complexity index is 854. The van der Waals surface area contributed by atoms with Gasteiger partial charge in [0.25, 0.3) is 0 Å². The average Bonchev–Trinajstić information content (AvgIpc) is 2.64. The Morgan fingerprint density at radius 3 is 1.62 bits per heavy atom. The van der Waals surface area contributed by atoms with Crippen LogP contribution in [0.5, 0.6) is 11.5 Å². The van der Waals surface area contributed by atoms with Crippen LogP contribution in [-0.2, 0) is 0 Å². The van der Waals surface area contributed by atoms with E-state index in [2.05, 4.69) is 15.9 Å². The van der Waals surface area contributed by atoms with Crippen molar-refractivity contribution in [2.45, 2.75) is 0 Å². The molecular weight excluding hydrogens is 368 g/mol. The van der Waals surface area contributed by atoms with Crippen molar-refractivity contribution >= 4 is 27.5 Å². The van der Waals surface area contributed by atoms with Crippen molar-refractivity contribution in [1.29, 1.82) is 0 Å². The van der Waals surface area contributed by atoms with Gasteiger partial charge >= 0.3 is 0 Å². The fraction of sp³-hybridized carbons (Fsp3) is 0. The molecule has 3 nitrogen and oxygen atoms in total. The average molecular weight is 381 g/mol. The van der Waals surface area contributed by atoms with Gasteiger partial charge in [0, 0.05) is 15.6 Å². The van der Waals surface area contributed by atoms with Crippen LogP contribution in [0.4, 0.5) is 0 Å². The number of carbonyl (C=O) groups is 2. The van der Waals surface area contributed by atoms with E-state index in [9.17, 15) is 9.59 Å². The summed E-state index contributed by atoms with van der Waals surface area (Å²) in [6, 6.07) is 22.5. The first-order valence-electron chi connectivity index (χ1n) is 7.31. The molecule has 24 heavy (non-hydrogen) atoms. The monoisotopic (exact) mass is 380 g/mol. The van der Waals surface area contributed by atoms with Gasteiger partial charge in [-0.15, -0.1) is 0 Å². The second kappa shape index (κ2) is 7.23. The molecule has 0 bridgehead atoms. The molecule has 0 amide bonds. The highest BCUT2D eigenvalue weighted by atomic mass is 79.9. The van der Waals surface area contributed by atoms with E-state index in [4.69, 9.17) is 4.74 Å². The molecule has 0 fully saturated rings. The van der Waals surface area contributed by atoms with Crippen LogP contribution in [0.15, 0.2) is 83.3 Å². The predicted octanol–water partition coefficient (Wildman–Crippen LogP) is 5.31. The summed E-state index contributed by atoms with van der Waals surface area (Å²) in [5.41, 5.74) is 0.727. The number of benzene rings is 3. The quantitative estimate of drug-likeness (QED) is 0.445. The highest BCUT2D eigenvalue weighted by molar-refractivity contribution is 9.10. The van der Waals surface area contributed by atoms with Crippen molar-refractivity contribution in [2.24, 2.45) is 0 Å². The minimum absolute atomic E-state index is 0.340. The second-order valence-corrected chi connectivity index (χ2v) is 6.02. The summed E-state index contributed by atoms with van der Waals surface area (Å²) >= 11 is 3.36. The highest BCUT2D eigenvalue weighted by Crippen LogP contribution is 2.23. The SMILES string of the molecule is O=C(C(=O)c1ccc(Oc2ccc(Br)cc2)cc1)c1ccccc1. The van der Waals surface area contributed by atoms with Crippen molar-refractivity contribution in [1.82, 2.24) is 0 Å². The Morgan fingerprint density at radius 2 is 1.08 bits per heavy atom. The van der Waals surface area contributed by atoms with Gasteiger partial charge in [0.05, 0.1) is 0 Å². The van der Waals surface area contributed by atoms with Crippen LogP contribution in [0.2, 0.25) is 0 Å². The summed E-state index contributed by atoms with van der Waals surface area (Å²) in [6.45, 7) is 0. The third-order valence-corrected chi connectivity index (χ3v) is 3.94. The molecule has 0 aliphatic heterocycles. The minimum Gasteiger partial charge on any atom is -0.457 e. The lowest BCUT2D eigenvalue weighted by atomic mass is 10.0. The van der Waals surface area contributed by atoms with Crippen LogP contribution in [0.3, 0.4) is 0 Å². The topological polar surface area (TPSA) is 43.4 Å². The number of ketones is 2. The maximum Gasteiger partial charge on any atom is 0.233 e. The summed E-state index contributed by atoms with van der Waals surface area (Å²) in [4.78, 5) is 24.4. The predicted molar refractivity (Wildman–Crippen MR) is 95.8 cm³/mol. The Morgan fingerprint density at radius 1 is 0.625 bits per heavy atom. The molecule has 0 heterocycles. The van der Waals surface area contributed by atoms with E-state index in [-0.39, 0.29) is 0 Å². The third-order valence-electron chi connectivity index (χ3n) is 3.41. The van der Waals surface area contributed by atoms with E-state index in [1.54, 1.807) is 54.6 Å². The molecule has 118 valence electrons. The summed E-state index contributed by atoms with van der Waals surface area (Å²) in [5, 5.41) is 0. The minimum atomic E-state index is -0.531. The van der Waals surface area contributed by atoms with Gasteiger partial charge < -0.3 is 4.74 Å². The van der Waals surface area contributed by atoms with Crippen LogP contribution in [-0.4, -0.2) is 11.6 Å². The normalized spacial score (nSPS) is 10.2. The molecule has 3 aromatic carbocycles. The number of hydrogen-bond acceptors (Lipinski definition) is 3. The molecule has 0 atom stereocenters. The Hall–Kier alpha value is -2.72. The van der Waals surface area contributed by atoms with Gasteiger partial charge in [-0.3, -0.25) is 9.59 Å². The number of hydrogen-bond donors (Lipinski definition) is 0. The van der Waals surface area contributed by atoms with Crippen molar-refractivity contribution in [3.63, 3.8) is 0 Å². The summed E-state index contributed by atoms with van der Waals surface area (Å²) in [5.74, 6) is 0.243. The molecule has 0 aliphatic carbocycles. The van der Waals surface area contributed by atoms with Crippen LogP contribution in [0, 0.1) is 0 Å². The van der Waals surface area contributed by atoms with E-state index in [0.717, 1.165) is 4.47 Å². The smallest absolute Gasteiger partial charge is 0.233 e. The lowest BCUT2D eigenvalue weighted by Crippen LogP contribution is -2.14. The lowest BCUT2D eigenvalue weighted by molar-refractivity contribution is 0.0817. The van der Waals surface area contributed by atoms with Gasteiger partial charge in [0.2, 0.25) is 11.6 Å². The molecule has 0 spiro atoms. The first kappa shape index (κ1) is 16.1. The molecule has 0 aliphatic rings. The maximum absolute atomic E-state index is 12.3. The molecule has 0 saturated heterocycles. The molecule has 0 aromatic heterocycles. The molecular formula is C20H13BrO3. The first-order valence-corrected chi connectivity index (χ1v) is 8.10. The van der Waals surface area contributed by atoms with E-state index >= 15 is 0 Å². The standard InChI is InChI=1S/C20H13BrO3/c21-16-8-12-18(13-9-16)24-17-10-6-15(7-11-17)20(23)19(22)14-4-2-1-3-5-14/h1-13H. The molecule has 4 heteroatoms. The van der Waals surface area contributed by atoms with Crippen molar-refractivity contribution in [3.8, 4) is 11.5 Å². The summed E-state index contributed by atoms with van der Waals surface area (Å²) < 4.78 is 6.66. The Balaban J connectivity index is 1.73. The number of rotatable bonds is 5. The van der Waals surface area contributed by atoms with E-state index < -0.39 is 11.6 Å². The molecule has 0 saturated carbocycles. The molecule has 3 aromatic rings. The molecule has 3 rings (SSSR count). The number of halogens is 1. The van der Waals surface area contributed by atoms with Crippen molar-refractivity contribution < 1.29 is 14.3 Å². The zero-order valence-corrected chi connectivity index (χ0v) is 14.2. The van der Waals surface area contributed by atoms with Gasteiger partial charge in [-0.25, -0.2) is 0 Å². The zero-order valence-electron chi connectivity index (χ0n) is 12.6. The van der Waals surface area contributed by atoms with Crippen molar-refractivity contribution in [3.05, 3.63) is 94.5 Å². The van der Waals surface area contributed by atoms with Gasteiger partial charge in [-0.2, -0.15) is 0 Å². The number of carbonyl (C=O) groups excluding carboxylic acids is 2. The number of Topliss-reactive ketones (excluding diaryl/α,β-unsaturated/α-hetero) is 2. The second-order valence-electron chi connectivity index (χ2n) is 5.10. The van der Waals surface area contributed by atoms with Gasteiger partial charge in [-0.1, -0.05) is 46.3 Å². The van der Waals surface area contributed by atoms with Crippen LogP contribution in [0.25, 0.3) is 0 Å². The van der Waals surface area contributed by atoms with E-state index in [1.165, 1.54) is 0 Å². The van der Waals surface area contributed by atoms with E-state index in [0.29, 0.717) is 22.6 Å². The summed E-state index contributed by atoms with van der Waals surface area (Å²) in [7, 11) is 0. The fourth-order valence-electron chi connectivity index (χ4n) is 2.16. The third kappa shape index (κ3) is 3.78. The Labute approximate surface area is 148 Å². The van der Waals surface area contributed by atoms with Crippen LogP contribution < -0.4 is 4.74 Å². The Kier molecular flexibility index (Phi) is 4.87. The molecule has 0 radical (unpaired) electrons. The van der Waals surface area contributed by atoms with E-state index in [1.807, 2.05) is 24.3 Å². The number of ether oxygens (including phenoxy) is 1. The van der Waals surface area contributed by atoms with Gasteiger partial charge in [-0.05, 0) is 48.5 Å². The zero-order chi connectivity index (χ0) is 16.9. The van der Waals surface area contributed by atoms with Crippen LogP contribution in [0.1, 0.15) is 20.7 Å².